The van der Waals surface area contributed by atoms with E-state index in [0.29, 0.717) is 0 Å². The Balaban J connectivity index is 2.13. The summed E-state index contributed by atoms with van der Waals surface area (Å²) in [7, 11) is 0. The van der Waals surface area contributed by atoms with Crippen molar-refractivity contribution in [3.8, 4) is 0 Å². The Morgan fingerprint density at radius 3 is 2.88 bits per heavy atom. The number of hydrogen-bond acceptors (Lipinski definition) is 3. The van der Waals surface area contributed by atoms with Gasteiger partial charge in [-0.1, -0.05) is 6.07 Å². The minimum Gasteiger partial charge on any atom is -0.329 e. The molecule has 0 fully saturated rings. The van der Waals surface area contributed by atoms with Gasteiger partial charge in [0.05, 0.1) is 12.2 Å². The summed E-state index contributed by atoms with van der Waals surface area (Å²) in [5.74, 6) is 1.01. The number of rotatable bonds is 4. The second-order valence-corrected chi connectivity index (χ2v) is 3.97. The third kappa shape index (κ3) is 2.67. The molecular weight excluding hydrogens is 200 g/mol. The zero-order valence-corrected chi connectivity index (χ0v) is 9.37. The lowest BCUT2D eigenvalue weighted by Gasteiger charge is -2.09. The standard InChI is InChI=1S/C12H16N4/c1-10(13)8-12-15-6-7-16(12)9-11-4-2-3-5-14-11/h2-7,10H,8-9,13H2,1H3. The van der Waals surface area contributed by atoms with Gasteiger partial charge in [0.2, 0.25) is 0 Å². The molecule has 4 nitrogen and oxygen atoms in total. The molecule has 2 N–H and O–H groups in total. The molecule has 4 heteroatoms. The molecule has 0 spiro atoms. The molecule has 16 heavy (non-hydrogen) atoms. The van der Waals surface area contributed by atoms with E-state index >= 15 is 0 Å². The Kier molecular flexibility index (Phi) is 3.31. The van der Waals surface area contributed by atoms with Gasteiger partial charge in [-0.3, -0.25) is 4.98 Å². The van der Waals surface area contributed by atoms with Crippen molar-refractivity contribution in [3.63, 3.8) is 0 Å². The van der Waals surface area contributed by atoms with E-state index in [1.54, 1.807) is 12.4 Å². The van der Waals surface area contributed by atoms with E-state index in [-0.39, 0.29) is 6.04 Å². The van der Waals surface area contributed by atoms with Crippen LogP contribution >= 0.6 is 0 Å². The first-order valence-corrected chi connectivity index (χ1v) is 5.41. The summed E-state index contributed by atoms with van der Waals surface area (Å²) in [4.78, 5) is 8.60. The van der Waals surface area contributed by atoms with Crippen molar-refractivity contribution in [2.24, 2.45) is 5.73 Å². The lowest BCUT2D eigenvalue weighted by Crippen LogP contribution is -2.20. The van der Waals surface area contributed by atoms with Crippen LogP contribution in [0.25, 0.3) is 0 Å². The first-order valence-electron chi connectivity index (χ1n) is 5.41. The molecule has 1 unspecified atom stereocenters. The molecule has 0 radical (unpaired) electrons. The van der Waals surface area contributed by atoms with E-state index in [2.05, 4.69) is 14.5 Å². The van der Waals surface area contributed by atoms with Gasteiger partial charge >= 0.3 is 0 Å². The first kappa shape index (κ1) is 10.8. The molecule has 0 aliphatic rings. The maximum absolute atomic E-state index is 5.78. The van der Waals surface area contributed by atoms with Gasteiger partial charge in [0.25, 0.3) is 0 Å². The van der Waals surface area contributed by atoms with Gasteiger partial charge in [0, 0.05) is 31.1 Å². The van der Waals surface area contributed by atoms with Crippen LogP contribution in [0, 0.1) is 0 Å². The summed E-state index contributed by atoms with van der Waals surface area (Å²) in [6.45, 7) is 2.74. The van der Waals surface area contributed by atoms with Gasteiger partial charge in [0.15, 0.2) is 0 Å². The molecule has 2 aromatic heterocycles. The van der Waals surface area contributed by atoms with E-state index in [1.807, 2.05) is 31.3 Å². The molecule has 2 rings (SSSR count). The monoisotopic (exact) mass is 216 g/mol. The fraction of sp³-hybridized carbons (Fsp3) is 0.333. The second-order valence-electron chi connectivity index (χ2n) is 3.97. The van der Waals surface area contributed by atoms with E-state index in [0.717, 1.165) is 24.5 Å². The Morgan fingerprint density at radius 1 is 1.31 bits per heavy atom. The fourth-order valence-electron chi connectivity index (χ4n) is 1.63. The van der Waals surface area contributed by atoms with Crippen LogP contribution in [0.1, 0.15) is 18.4 Å². The van der Waals surface area contributed by atoms with Crippen molar-refractivity contribution < 1.29 is 0 Å². The molecule has 0 bridgehead atoms. The predicted molar refractivity (Wildman–Crippen MR) is 62.9 cm³/mol. The maximum atomic E-state index is 5.78. The van der Waals surface area contributed by atoms with Crippen molar-refractivity contribution in [1.82, 2.24) is 14.5 Å². The molecule has 2 heterocycles. The fourth-order valence-corrected chi connectivity index (χ4v) is 1.63. The number of aromatic nitrogens is 3. The Bertz CT molecular complexity index is 433. The third-order valence-corrected chi connectivity index (χ3v) is 2.36. The first-order chi connectivity index (χ1) is 7.75. The van der Waals surface area contributed by atoms with Crippen LogP contribution in [-0.4, -0.2) is 20.6 Å². The van der Waals surface area contributed by atoms with Crippen LogP contribution < -0.4 is 5.73 Å². The normalized spacial score (nSPS) is 12.6. The highest BCUT2D eigenvalue weighted by Crippen LogP contribution is 2.04. The molecule has 0 aromatic carbocycles. The molecule has 84 valence electrons. The summed E-state index contributed by atoms with van der Waals surface area (Å²) < 4.78 is 2.09. The van der Waals surface area contributed by atoms with Gasteiger partial charge < -0.3 is 10.3 Å². The van der Waals surface area contributed by atoms with Gasteiger partial charge in [-0.25, -0.2) is 4.98 Å². The van der Waals surface area contributed by atoms with Crippen LogP contribution in [0.2, 0.25) is 0 Å². The molecular formula is C12H16N4. The number of hydrogen-bond donors (Lipinski definition) is 1. The highest BCUT2D eigenvalue weighted by molar-refractivity contribution is 5.06. The van der Waals surface area contributed by atoms with Crippen molar-refractivity contribution in [1.29, 1.82) is 0 Å². The highest BCUT2D eigenvalue weighted by Gasteiger charge is 2.06. The van der Waals surface area contributed by atoms with Crippen molar-refractivity contribution in [2.45, 2.75) is 25.9 Å². The lowest BCUT2D eigenvalue weighted by molar-refractivity contribution is 0.643. The molecule has 0 amide bonds. The average molecular weight is 216 g/mol. The number of nitrogens with two attached hydrogens (primary N) is 1. The third-order valence-electron chi connectivity index (χ3n) is 2.36. The van der Waals surface area contributed by atoms with Crippen LogP contribution in [0.15, 0.2) is 36.8 Å². The zero-order valence-electron chi connectivity index (χ0n) is 9.37. The summed E-state index contributed by atoms with van der Waals surface area (Å²) in [5, 5.41) is 0. The topological polar surface area (TPSA) is 56.7 Å². The Labute approximate surface area is 95.1 Å². The van der Waals surface area contributed by atoms with E-state index < -0.39 is 0 Å². The molecule has 2 aromatic rings. The van der Waals surface area contributed by atoms with Crippen LogP contribution in [0.5, 0.6) is 0 Å². The molecule has 1 atom stereocenters. The summed E-state index contributed by atoms with van der Waals surface area (Å²) in [6, 6.07) is 6.05. The van der Waals surface area contributed by atoms with E-state index in [9.17, 15) is 0 Å². The molecule has 0 aliphatic heterocycles. The van der Waals surface area contributed by atoms with Gasteiger partial charge in [-0.2, -0.15) is 0 Å². The average Bonchev–Trinajstić information content (AvgIpc) is 2.66. The van der Waals surface area contributed by atoms with Gasteiger partial charge in [-0.05, 0) is 19.1 Å². The number of imidazole rings is 1. The van der Waals surface area contributed by atoms with Crippen molar-refractivity contribution in [3.05, 3.63) is 48.3 Å². The SMILES string of the molecule is CC(N)Cc1nccn1Cc1ccccn1. The minimum absolute atomic E-state index is 0.130. The van der Waals surface area contributed by atoms with Crippen molar-refractivity contribution in [2.75, 3.05) is 0 Å². The van der Waals surface area contributed by atoms with Crippen molar-refractivity contribution >= 4 is 0 Å². The van der Waals surface area contributed by atoms with Gasteiger partial charge in [-0.15, -0.1) is 0 Å². The molecule has 0 aliphatic carbocycles. The predicted octanol–water partition coefficient (Wildman–Crippen LogP) is 1.22. The van der Waals surface area contributed by atoms with E-state index in [1.165, 1.54) is 0 Å². The summed E-state index contributed by atoms with van der Waals surface area (Å²) >= 11 is 0. The maximum Gasteiger partial charge on any atom is 0.110 e. The van der Waals surface area contributed by atoms with Crippen LogP contribution in [-0.2, 0) is 13.0 Å². The zero-order chi connectivity index (χ0) is 11.4. The number of pyridine rings is 1. The lowest BCUT2D eigenvalue weighted by atomic mass is 10.2. The molecule has 0 saturated heterocycles. The second kappa shape index (κ2) is 4.90. The van der Waals surface area contributed by atoms with Crippen LogP contribution in [0.4, 0.5) is 0 Å². The minimum atomic E-state index is 0.130. The Hall–Kier alpha value is -1.68. The van der Waals surface area contributed by atoms with E-state index in [4.69, 9.17) is 5.73 Å². The summed E-state index contributed by atoms with van der Waals surface area (Å²) in [6.07, 6.45) is 6.37. The smallest absolute Gasteiger partial charge is 0.110 e. The largest absolute Gasteiger partial charge is 0.329 e. The number of nitrogens with zero attached hydrogens (tertiary/aromatic N) is 3. The highest BCUT2D eigenvalue weighted by atomic mass is 15.1. The molecule has 0 saturated carbocycles. The summed E-state index contributed by atoms with van der Waals surface area (Å²) in [5.41, 5.74) is 6.81. The van der Waals surface area contributed by atoms with Crippen LogP contribution in [0.3, 0.4) is 0 Å². The quantitative estimate of drug-likeness (QED) is 0.836. The Morgan fingerprint density at radius 2 is 2.19 bits per heavy atom. The van der Waals surface area contributed by atoms with Gasteiger partial charge in [0.1, 0.15) is 5.82 Å².